The van der Waals surface area contributed by atoms with Gasteiger partial charge in [-0.1, -0.05) is 26.0 Å². The summed E-state index contributed by atoms with van der Waals surface area (Å²) >= 11 is 2.32. The van der Waals surface area contributed by atoms with Gasteiger partial charge in [0.2, 0.25) is 0 Å². The molecule has 0 unspecified atom stereocenters. The fraction of sp³-hybridized carbons (Fsp3) is 0.500. The molecule has 19 heavy (non-hydrogen) atoms. The number of methoxy groups -OCH3 is 1. The molecular formula is C16H23IO2. The highest BCUT2D eigenvalue weighted by Crippen LogP contribution is 2.21. The van der Waals surface area contributed by atoms with E-state index in [1.165, 1.54) is 14.7 Å². The Hall–Kier alpha value is -0.550. The second-order valence-electron chi connectivity index (χ2n) is 4.45. The lowest BCUT2D eigenvalue weighted by Crippen LogP contribution is -2.12. The fourth-order valence-electron chi connectivity index (χ4n) is 2.07. The van der Waals surface area contributed by atoms with Gasteiger partial charge < -0.3 is 9.47 Å². The number of hydrogen-bond donors (Lipinski definition) is 0. The Kier molecular flexibility index (Phi) is 7.46. The number of benzene rings is 1. The zero-order valence-electron chi connectivity index (χ0n) is 12.2. The number of hydrogen-bond acceptors (Lipinski definition) is 2. The van der Waals surface area contributed by atoms with Crippen molar-refractivity contribution in [2.45, 2.75) is 46.3 Å². The minimum Gasteiger partial charge on any atom is -0.493 e. The first-order valence-electron chi connectivity index (χ1n) is 6.74. The van der Waals surface area contributed by atoms with Crippen LogP contribution in [0, 0.1) is 3.57 Å². The van der Waals surface area contributed by atoms with Gasteiger partial charge in [0.25, 0.3) is 0 Å². The maximum absolute atomic E-state index is 6.00. The van der Waals surface area contributed by atoms with Crippen molar-refractivity contribution in [3.8, 4) is 0 Å². The van der Waals surface area contributed by atoms with Gasteiger partial charge in [0.05, 0.1) is 11.9 Å². The molecule has 0 aromatic heterocycles. The summed E-state index contributed by atoms with van der Waals surface area (Å²) in [5.41, 5.74) is 2.47. The molecule has 0 aliphatic rings. The van der Waals surface area contributed by atoms with Crippen LogP contribution >= 0.6 is 22.6 Å². The third-order valence-corrected chi connectivity index (χ3v) is 3.88. The van der Waals surface area contributed by atoms with Gasteiger partial charge in [0.15, 0.2) is 0 Å². The van der Waals surface area contributed by atoms with E-state index < -0.39 is 0 Å². The maximum atomic E-state index is 6.00. The van der Waals surface area contributed by atoms with Crippen LogP contribution in [0.25, 0.3) is 0 Å². The van der Waals surface area contributed by atoms with Crippen molar-refractivity contribution in [2.24, 2.45) is 0 Å². The predicted molar refractivity (Wildman–Crippen MR) is 88.0 cm³/mol. The molecule has 0 fully saturated rings. The van der Waals surface area contributed by atoms with Crippen molar-refractivity contribution in [1.29, 1.82) is 0 Å². The Morgan fingerprint density at radius 1 is 1.26 bits per heavy atom. The van der Waals surface area contributed by atoms with Gasteiger partial charge in [-0.25, -0.2) is 0 Å². The van der Waals surface area contributed by atoms with E-state index in [4.69, 9.17) is 9.47 Å². The highest BCUT2D eigenvalue weighted by atomic mass is 127. The molecule has 2 nitrogen and oxygen atoms in total. The van der Waals surface area contributed by atoms with E-state index >= 15 is 0 Å². The second-order valence-corrected chi connectivity index (χ2v) is 5.70. The lowest BCUT2D eigenvalue weighted by molar-refractivity contribution is 0.126. The van der Waals surface area contributed by atoms with Gasteiger partial charge in [-0.3, -0.25) is 0 Å². The standard InChI is InChI=1S/C16H23IO2/c1-5-15(12(3)18-4)16(6-2)19-11-13-8-7-9-14(17)10-13/h7-10,12H,5-6,11H2,1-4H3/b16-15-/t12-/m1/s1. The van der Waals surface area contributed by atoms with Gasteiger partial charge in [0, 0.05) is 17.1 Å². The molecule has 0 spiro atoms. The molecule has 0 amide bonds. The smallest absolute Gasteiger partial charge is 0.113 e. The molecule has 3 heteroatoms. The average molecular weight is 374 g/mol. The zero-order valence-corrected chi connectivity index (χ0v) is 14.4. The molecule has 106 valence electrons. The van der Waals surface area contributed by atoms with E-state index in [-0.39, 0.29) is 6.10 Å². The number of ether oxygens (including phenoxy) is 2. The summed E-state index contributed by atoms with van der Waals surface area (Å²) in [6.45, 7) is 6.97. The Labute approximate surface area is 130 Å². The van der Waals surface area contributed by atoms with Crippen LogP contribution in [0.4, 0.5) is 0 Å². The van der Waals surface area contributed by atoms with Crippen molar-refractivity contribution in [3.05, 3.63) is 44.7 Å². The van der Waals surface area contributed by atoms with Crippen LogP contribution in [0.3, 0.4) is 0 Å². The summed E-state index contributed by atoms with van der Waals surface area (Å²) in [6, 6.07) is 8.40. The summed E-state index contributed by atoms with van der Waals surface area (Å²) in [6.07, 6.45) is 1.99. The molecule has 1 aromatic carbocycles. The van der Waals surface area contributed by atoms with E-state index in [1.807, 2.05) is 0 Å². The van der Waals surface area contributed by atoms with Crippen LogP contribution in [0.1, 0.15) is 39.2 Å². The third kappa shape index (κ3) is 5.15. The molecular weight excluding hydrogens is 351 g/mol. The maximum Gasteiger partial charge on any atom is 0.113 e. The van der Waals surface area contributed by atoms with Crippen LogP contribution in [0.15, 0.2) is 35.6 Å². The van der Waals surface area contributed by atoms with Crippen molar-refractivity contribution < 1.29 is 9.47 Å². The van der Waals surface area contributed by atoms with Crippen LogP contribution in [0.2, 0.25) is 0 Å². The van der Waals surface area contributed by atoms with Gasteiger partial charge in [0.1, 0.15) is 6.61 Å². The van der Waals surface area contributed by atoms with E-state index in [1.54, 1.807) is 7.11 Å². The summed E-state index contributed by atoms with van der Waals surface area (Å²) in [5, 5.41) is 0. The van der Waals surface area contributed by atoms with Gasteiger partial charge in [-0.05, 0) is 59.2 Å². The first-order valence-corrected chi connectivity index (χ1v) is 7.82. The molecule has 0 heterocycles. The van der Waals surface area contributed by atoms with Crippen LogP contribution in [-0.2, 0) is 16.1 Å². The Morgan fingerprint density at radius 2 is 2.00 bits per heavy atom. The average Bonchev–Trinajstić information content (AvgIpc) is 2.42. The van der Waals surface area contributed by atoms with Crippen molar-refractivity contribution in [1.82, 2.24) is 0 Å². The fourth-order valence-corrected chi connectivity index (χ4v) is 2.68. The highest BCUT2D eigenvalue weighted by molar-refractivity contribution is 14.1. The summed E-state index contributed by atoms with van der Waals surface area (Å²) in [5.74, 6) is 1.07. The summed E-state index contributed by atoms with van der Waals surface area (Å²) in [7, 11) is 1.74. The first-order chi connectivity index (χ1) is 9.12. The second kappa shape index (κ2) is 8.59. The lowest BCUT2D eigenvalue weighted by Gasteiger charge is -2.19. The van der Waals surface area contributed by atoms with E-state index in [0.29, 0.717) is 6.61 Å². The molecule has 0 aliphatic heterocycles. The SMILES string of the molecule is CC/C(OCc1cccc(I)c1)=C(\CC)[C@@H](C)OC. The molecule has 1 atom stereocenters. The van der Waals surface area contributed by atoms with E-state index in [2.05, 4.69) is 67.6 Å². The Morgan fingerprint density at radius 3 is 2.53 bits per heavy atom. The molecule has 0 saturated carbocycles. The molecule has 0 aliphatic carbocycles. The lowest BCUT2D eigenvalue weighted by atomic mass is 10.1. The zero-order chi connectivity index (χ0) is 14.3. The third-order valence-electron chi connectivity index (χ3n) is 3.21. The Balaban J connectivity index is 2.78. The van der Waals surface area contributed by atoms with Crippen LogP contribution < -0.4 is 0 Å². The Bertz CT molecular complexity index is 427. The van der Waals surface area contributed by atoms with Crippen molar-refractivity contribution in [3.63, 3.8) is 0 Å². The van der Waals surface area contributed by atoms with Gasteiger partial charge >= 0.3 is 0 Å². The molecule has 1 rings (SSSR count). The number of halogens is 1. The molecule has 0 N–H and O–H groups in total. The predicted octanol–water partition coefficient (Wildman–Crippen LogP) is 4.92. The highest BCUT2D eigenvalue weighted by Gasteiger charge is 2.12. The quantitative estimate of drug-likeness (QED) is 0.498. The van der Waals surface area contributed by atoms with E-state index in [0.717, 1.165) is 18.6 Å². The van der Waals surface area contributed by atoms with Crippen LogP contribution in [-0.4, -0.2) is 13.2 Å². The van der Waals surface area contributed by atoms with Crippen molar-refractivity contribution >= 4 is 22.6 Å². The number of allylic oxidation sites excluding steroid dienone is 1. The normalized spacial score (nSPS) is 13.9. The van der Waals surface area contributed by atoms with Crippen molar-refractivity contribution in [2.75, 3.05) is 7.11 Å². The minimum absolute atomic E-state index is 0.121. The summed E-state index contributed by atoms with van der Waals surface area (Å²) < 4.78 is 12.7. The van der Waals surface area contributed by atoms with Gasteiger partial charge in [-0.15, -0.1) is 0 Å². The minimum atomic E-state index is 0.121. The topological polar surface area (TPSA) is 18.5 Å². The van der Waals surface area contributed by atoms with E-state index in [9.17, 15) is 0 Å². The van der Waals surface area contributed by atoms with Gasteiger partial charge in [-0.2, -0.15) is 0 Å². The molecule has 0 saturated heterocycles. The summed E-state index contributed by atoms with van der Waals surface area (Å²) in [4.78, 5) is 0. The molecule has 0 radical (unpaired) electrons. The molecule has 0 bridgehead atoms. The molecule has 1 aromatic rings. The number of rotatable bonds is 7. The van der Waals surface area contributed by atoms with Crippen LogP contribution in [0.5, 0.6) is 0 Å². The largest absolute Gasteiger partial charge is 0.493 e. The first kappa shape index (κ1) is 16.5. The monoisotopic (exact) mass is 374 g/mol.